The molecule has 0 aromatic carbocycles. The maximum absolute atomic E-state index is 8.94. The van der Waals surface area contributed by atoms with E-state index in [2.05, 4.69) is 53.6 Å². The zero-order chi connectivity index (χ0) is 16.2. The summed E-state index contributed by atoms with van der Waals surface area (Å²) in [6.45, 7) is 11.1. The predicted molar refractivity (Wildman–Crippen MR) is 89.9 cm³/mol. The van der Waals surface area contributed by atoms with Crippen LogP contribution < -0.4 is 0 Å². The lowest BCUT2D eigenvalue weighted by Gasteiger charge is -2.36. The Morgan fingerprint density at radius 2 is 2.00 bits per heavy atom. The number of aliphatic hydroxyl groups excluding tert-OH is 1. The first kappa shape index (κ1) is 17.4. The van der Waals surface area contributed by atoms with Crippen LogP contribution in [-0.4, -0.2) is 64.0 Å². The first-order valence-electron chi connectivity index (χ1n) is 8.47. The van der Waals surface area contributed by atoms with Crippen LogP contribution in [0.15, 0.2) is 12.4 Å². The van der Waals surface area contributed by atoms with Gasteiger partial charge in [-0.3, -0.25) is 9.58 Å². The number of aromatic nitrogens is 2. The van der Waals surface area contributed by atoms with Crippen molar-refractivity contribution in [1.29, 1.82) is 0 Å². The molecule has 0 spiro atoms. The number of hydrogen-bond acceptors (Lipinski definition) is 4. The summed E-state index contributed by atoms with van der Waals surface area (Å²) in [7, 11) is 2.18. The summed E-state index contributed by atoms with van der Waals surface area (Å²) >= 11 is 0. The molecule has 0 bridgehead atoms. The standard InChI is InChI=1S/C17H32N4O/c1-17(2,3)21-14-15(12-18-21)13-20-9-6-16(7-10-20)19(4)8-5-11-22/h12,14,16,22H,5-11,13H2,1-4H3. The average Bonchev–Trinajstić information content (AvgIpc) is 2.94. The first-order chi connectivity index (χ1) is 10.4. The highest BCUT2D eigenvalue weighted by molar-refractivity contribution is 5.05. The lowest BCUT2D eigenvalue weighted by molar-refractivity contribution is 0.117. The lowest BCUT2D eigenvalue weighted by atomic mass is 10.0. The Hall–Kier alpha value is -0.910. The van der Waals surface area contributed by atoms with Crippen molar-refractivity contribution in [2.24, 2.45) is 0 Å². The number of hydrogen-bond donors (Lipinski definition) is 1. The minimum absolute atomic E-state index is 0.0562. The largest absolute Gasteiger partial charge is 0.396 e. The summed E-state index contributed by atoms with van der Waals surface area (Å²) in [4.78, 5) is 4.94. The third-order valence-electron chi connectivity index (χ3n) is 4.58. The van der Waals surface area contributed by atoms with Crippen molar-refractivity contribution in [3.63, 3.8) is 0 Å². The van der Waals surface area contributed by atoms with Crippen molar-refractivity contribution in [3.8, 4) is 0 Å². The molecule has 0 atom stereocenters. The number of rotatable bonds is 6. The zero-order valence-electron chi connectivity index (χ0n) is 14.6. The Labute approximate surface area is 134 Å². The van der Waals surface area contributed by atoms with Gasteiger partial charge in [-0.1, -0.05) is 0 Å². The van der Waals surface area contributed by atoms with Crippen LogP contribution in [0.2, 0.25) is 0 Å². The quantitative estimate of drug-likeness (QED) is 0.872. The SMILES string of the molecule is CN(CCCO)C1CCN(Cc2cnn(C(C)(C)C)c2)CC1. The highest BCUT2D eigenvalue weighted by Gasteiger charge is 2.23. The van der Waals surface area contributed by atoms with Crippen LogP contribution >= 0.6 is 0 Å². The van der Waals surface area contributed by atoms with Gasteiger partial charge in [-0.25, -0.2) is 0 Å². The van der Waals surface area contributed by atoms with E-state index in [1.807, 2.05) is 6.20 Å². The number of likely N-dealkylation sites (tertiary alicyclic amines) is 1. The molecule has 0 aliphatic carbocycles. The minimum Gasteiger partial charge on any atom is -0.396 e. The van der Waals surface area contributed by atoms with Crippen LogP contribution in [0.5, 0.6) is 0 Å². The molecular formula is C17H32N4O. The molecule has 0 saturated carbocycles. The van der Waals surface area contributed by atoms with Crippen molar-refractivity contribution in [2.75, 3.05) is 33.3 Å². The maximum atomic E-state index is 8.94. The van der Waals surface area contributed by atoms with E-state index in [1.54, 1.807) is 0 Å². The van der Waals surface area contributed by atoms with Crippen molar-refractivity contribution < 1.29 is 5.11 Å². The minimum atomic E-state index is 0.0562. The summed E-state index contributed by atoms with van der Waals surface area (Å²) in [5, 5.41) is 13.4. The second-order valence-electron chi connectivity index (χ2n) is 7.53. The van der Waals surface area contributed by atoms with Crippen molar-refractivity contribution in [2.45, 2.75) is 58.2 Å². The Bertz CT molecular complexity index is 444. The second kappa shape index (κ2) is 7.57. The smallest absolute Gasteiger partial charge is 0.0543 e. The fraction of sp³-hybridized carbons (Fsp3) is 0.824. The second-order valence-corrected chi connectivity index (χ2v) is 7.53. The molecule has 22 heavy (non-hydrogen) atoms. The third kappa shape index (κ3) is 4.80. The fourth-order valence-corrected chi connectivity index (χ4v) is 3.09. The summed E-state index contributed by atoms with van der Waals surface area (Å²) in [5.41, 5.74) is 1.36. The van der Waals surface area contributed by atoms with Crippen LogP contribution in [0.25, 0.3) is 0 Å². The van der Waals surface area contributed by atoms with E-state index < -0.39 is 0 Å². The molecule has 2 rings (SSSR count). The summed E-state index contributed by atoms with van der Waals surface area (Å²) in [6, 6.07) is 0.667. The maximum Gasteiger partial charge on any atom is 0.0543 e. The van der Waals surface area contributed by atoms with Crippen LogP contribution in [0.4, 0.5) is 0 Å². The van der Waals surface area contributed by atoms with E-state index >= 15 is 0 Å². The van der Waals surface area contributed by atoms with Gasteiger partial charge in [0.1, 0.15) is 0 Å². The van der Waals surface area contributed by atoms with Crippen LogP contribution in [0.3, 0.4) is 0 Å². The monoisotopic (exact) mass is 308 g/mol. The van der Waals surface area contributed by atoms with Gasteiger partial charge in [-0.05, 0) is 60.2 Å². The molecular weight excluding hydrogens is 276 g/mol. The van der Waals surface area contributed by atoms with Gasteiger partial charge in [0.05, 0.1) is 11.7 Å². The van der Waals surface area contributed by atoms with Gasteiger partial charge in [-0.15, -0.1) is 0 Å². The van der Waals surface area contributed by atoms with E-state index in [4.69, 9.17) is 5.11 Å². The number of piperidine rings is 1. The molecule has 1 aliphatic rings. The number of aliphatic hydroxyl groups is 1. The molecule has 1 aromatic rings. The summed E-state index contributed by atoms with van der Waals surface area (Å²) < 4.78 is 2.05. The molecule has 1 saturated heterocycles. The topological polar surface area (TPSA) is 44.5 Å². The molecule has 0 radical (unpaired) electrons. The Morgan fingerprint density at radius 1 is 1.32 bits per heavy atom. The number of nitrogens with zero attached hydrogens (tertiary/aromatic N) is 4. The molecule has 1 fully saturated rings. The van der Waals surface area contributed by atoms with E-state index in [0.717, 1.165) is 32.6 Å². The van der Waals surface area contributed by atoms with Gasteiger partial charge >= 0.3 is 0 Å². The molecule has 1 aliphatic heterocycles. The molecule has 5 nitrogen and oxygen atoms in total. The fourth-order valence-electron chi connectivity index (χ4n) is 3.09. The van der Waals surface area contributed by atoms with Crippen molar-refractivity contribution in [1.82, 2.24) is 19.6 Å². The van der Waals surface area contributed by atoms with Gasteiger partial charge in [0.25, 0.3) is 0 Å². The predicted octanol–water partition coefficient (Wildman–Crippen LogP) is 1.92. The van der Waals surface area contributed by atoms with Gasteiger partial charge in [-0.2, -0.15) is 5.10 Å². The van der Waals surface area contributed by atoms with Crippen molar-refractivity contribution in [3.05, 3.63) is 18.0 Å². The Kier molecular flexibility index (Phi) is 6.01. The summed E-state index contributed by atoms with van der Waals surface area (Å²) in [5.74, 6) is 0. The van der Waals surface area contributed by atoms with Crippen LogP contribution in [0, 0.1) is 0 Å². The molecule has 126 valence electrons. The Morgan fingerprint density at radius 3 is 2.55 bits per heavy atom. The van der Waals surface area contributed by atoms with E-state index in [-0.39, 0.29) is 5.54 Å². The molecule has 5 heteroatoms. The van der Waals surface area contributed by atoms with Crippen LogP contribution in [-0.2, 0) is 12.1 Å². The van der Waals surface area contributed by atoms with Gasteiger partial charge in [0, 0.05) is 37.5 Å². The third-order valence-corrected chi connectivity index (χ3v) is 4.58. The molecule has 0 amide bonds. The van der Waals surface area contributed by atoms with E-state index in [0.29, 0.717) is 12.6 Å². The lowest BCUT2D eigenvalue weighted by Crippen LogP contribution is -2.43. The zero-order valence-corrected chi connectivity index (χ0v) is 14.6. The van der Waals surface area contributed by atoms with Gasteiger partial charge in [0.2, 0.25) is 0 Å². The Balaban J connectivity index is 1.79. The molecule has 2 heterocycles. The van der Waals surface area contributed by atoms with Gasteiger partial charge in [0.15, 0.2) is 0 Å². The molecule has 1 N–H and O–H groups in total. The molecule has 1 aromatic heterocycles. The summed E-state index contributed by atoms with van der Waals surface area (Å²) in [6.07, 6.45) is 7.50. The normalized spacial score (nSPS) is 18.3. The molecule has 0 unspecified atom stereocenters. The highest BCUT2D eigenvalue weighted by atomic mass is 16.3. The van der Waals surface area contributed by atoms with E-state index in [9.17, 15) is 0 Å². The van der Waals surface area contributed by atoms with Crippen molar-refractivity contribution >= 4 is 0 Å². The highest BCUT2D eigenvalue weighted by Crippen LogP contribution is 2.19. The van der Waals surface area contributed by atoms with Crippen LogP contribution in [0.1, 0.15) is 45.6 Å². The first-order valence-corrected chi connectivity index (χ1v) is 8.47. The van der Waals surface area contributed by atoms with E-state index in [1.165, 1.54) is 18.4 Å². The van der Waals surface area contributed by atoms with Gasteiger partial charge < -0.3 is 10.0 Å². The average molecular weight is 308 g/mol.